The molecule has 2 heterocycles. The highest BCUT2D eigenvalue weighted by Crippen LogP contribution is 2.64. The topological polar surface area (TPSA) is 120 Å². The third kappa shape index (κ3) is 3.67. The molecule has 5 rings (SSSR count). The number of rotatable bonds is 4. The van der Waals surface area contributed by atoms with Gasteiger partial charge in [-0.3, -0.25) is 14.4 Å². The van der Waals surface area contributed by atoms with Crippen molar-refractivity contribution in [3.8, 4) is 0 Å². The number of carboxylic acids is 1. The number of aryl methyl sites for hydroxylation is 1. The van der Waals surface area contributed by atoms with Gasteiger partial charge in [-0.25, -0.2) is 4.79 Å². The number of aliphatic carboxylic acids is 1. The summed E-state index contributed by atoms with van der Waals surface area (Å²) in [4.78, 5) is 52.4. The lowest BCUT2D eigenvalue weighted by Gasteiger charge is -2.59. The van der Waals surface area contributed by atoms with Crippen LogP contribution in [0.2, 0.25) is 0 Å². The third-order valence-corrected chi connectivity index (χ3v) is 8.46. The molecule has 188 valence electrons. The van der Waals surface area contributed by atoms with E-state index in [1.165, 1.54) is 18.6 Å². The molecular formula is C28H28O8. The number of hydrogen-bond donors (Lipinski definition) is 1. The van der Waals surface area contributed by atoms with Crippen molar-refractivity contribution in [1.29, 1.82) is 0 Å². The van der Waals surface area contributed by atoms with E-state index >= 15 is 0 Å². The first-order chi connectivity index (χ1) is 17.0. The number of allylic oxidation sites excluding steroid dienone is 1. The van der Waals surface area contributed by atoms with Crippen LogP contribution in [0.5, 0.6) is 0 Å². The predicted molar refractivity (Wildman–Crippen MR) is 125 cm³/mol. The fraction of sp³-hybridized carbons (Fsp3) is 0.429. The molecule has 1 aromatic carbocycles. The molecule has 1 aliphatic heterocycles. The van der Waals surface area contributed by atoms with Crippen molar-refractivity contribution in [1.82, 2.24) is 0 Å². The largest absolute Gasteiger partial charge is 0.481 e. The molecule has 0 spiro atoms. The summed E-state index contributed by atoms with van der Waals surface area (Å²) in [6, 6.07) is 8.40. The number of Topliss-reactive ketones (excluding diaryl/α,β-unsaturated/α-hetero) is 1. The van der Waals surface area contributed by atoms with Crippen molar-refractivity contribution in [3.05, 3.63) is 71.4 Å². The molecule has 0 radical (unpaired) electrons. The minimum absolute atomic E-state index is 0.253. The summed E-state index contributed by atoms with van der Waals surface area (Å²) in [6.45, 7) is 5.53. The monoisotopic (exact) mass is 492 g/mol. The Balaban J connectivity index is 1.55. The van der Waals surface area contributed by atoms with Gasteiger partial charge in [-0.2, -0.15) is 0 Å². The van der Waals surface area contributed by atoms with Gasteiger partial charge in [0.2, 0.25) is 5.78 Å². The maximum absolute atomic E-state index is 14.0. The number of ether oxygens (including phenoxy) is 2. The Bertz CT molecular complexity index is 1260. The fourth-order valence-corrected chi connectivity index (χ4v) is 6.62. The molecule has 1 saturated carbocycles. The van der Waals surface area contributed by atoms with Gasteiger partial charge in [0.05, 0.1) is 29.9 Å². The molecule has 0 bridgehead atoms. The normalized spacial score (nSPS) is 33.6. The lowest BCUT2D eigenvalue weighted by atomic mass is 9.44. The predicted octanol–water partition coefficient (Wildman–Crippen LogP) is 4.64. The average Bonchev–Trinajstić information content (AvgIpc) is 3.35. The van der Waals surface area contributed by atoms with E-state index < -0.39 is 58.4 Å². The van der Waals surface area contributed by atoms with Gasteiger partial charge in [0.15, 0.2) is 5.76 Å². The van der Waals surface area contributed by atoms with Crippen LogP contribution in [0.15, 0.2) is 59.1 Å². The van der Waals surface area contributed by atoms with Crippen LogP contribution in [0.1, 0.15) is 60.7 Å². The summed E-state index contributed by atoms with van der Waals surface area (Å²) < 4.78 is 16.4. The number of cyclic esters (lactones) is 1. The summed E-state index contributed by atoms with van der Waals surface area (Å²) >= 11 is 0. The standard InChI is InChI=1S/C28H28O8/c1-15-4-6-16(7-5-15)25(32)35-20-12-19(24(30)31)27(2)10-8-18-26(33)36-21(17-9-11-34-14-17)13-28(18,3)23(27)22(20)29/h4-7,9,11-12,14,18-19,21,23H,8,10,13H2,1-3H3,(H,30,31). The smallest absolute Gasteiger partial charge is 0.343 e. The molecule has 6 unspecified atom stereocenters. The Morgan fingerprint density at radius 1 is 1.08 bits per heavy atom. The minimum atomic E-state index is -1.11. The van der Waals surface area contributed by atoms with Crippen molar-refractivity contribution in [2.75, 3.05) is 0 Å². The number of benzene rings is 1. The highest BCUT2D eigenvalue weighted by molar-refractivity contribution is 6.03. The van der Waals surface area contributed by atoms with Crippen LogP contribution < -0.4 is 0 Å². The van der Waals surface area contributed by atoms with Crippen LogP contribution in [0, 0.1) is 35.5 Å². The summed E-state index contributed by atoms with van der Waals surface area (Å²) in [7, 11) is 0. The molecule has 2 aliphatic carbocycles. The van der Waals surface area contributed by atoms with Crippen LogP contribution in [0.3, 0.4) is 0 Å². The maximum atomic E-state index is 14.0. The quantitative estimate of drug-likeness (QED) is 0.613. The molecular weight excluding hydrogens is 464 g/mol. The first-order valence-corrected chi connectivity index (χ1v) is 12.0. The third-order valence-electron chi connectivity index (χ3n) is 8.46. The molecule has 2 aromatic rings. The van der Waals surface area contributed by atoms with Crippen molar-refractivity contribution in [2.24, 2.45) is 28.6 Å². The van der Waals surface area contributed by atoms with Crippen molar-refractivity contribution in [2.45, 2.75) is 46.1 Å². The number of hydrogen-bond acceptors (Lipinski definition) is 7. The van der Waals surface area contributed by atoms with Crippen LogP contribution in [0.25, 0.3) is 0 Å². The lowest BCUT2D eigenvalue weighted by Crippen LogP contribution is -2.61. The summed E-state index contributed by atoms with van der Waals surface area (Å²) in [5.74, 6) is -5.50. The Morgan fingerprint density at radius 2 is 1.81 bits per heavy atom. The second kappa shape index (κ2) is 8.47. The number of esters is 2. The lowest BCUT2D eigenvalue weighted by molar-refractivity contribution is -0.197. The van der Waals surface area contributed by atoms with Gasteiger partial charge in [-0.1, -0.05) is 31.5 Å². The maximum Gasteiger partial charge on any atom is 0.343 e. The van der Waals surface area contributed by atoms with Crippen LogP contribution in [-0.2, 0) is 23.9 Å². The van der Waals surface area contributed by atoms with E-state index in [2.05, 4.69) is 0 Å². The highest BCUT2D eigenvalue weighted by Gasteiger charge is 2.66. The molecule has 0 amide bonds. The van der Waals surface area contributed by atoms with E-state index in [9.17, 15) is 24.3 Å². The number of ketones is 1. The fourth-order valence-electron chi connectivity index (χ4n) is 6.62. The molecule has 6 atom stereocenters. The van der Waals surface area contributed by atoms with Gasteiger partial charge in [0, 0.05) is 11.5 Å². The van der Waals surface area contributed by atoms with Crippen LogP contribution in [-0.4, -0.2) is 28.8 Å². The highest BCUT2D eigenvalue weighted by atomic mass is 16.5. The molecule has 3 aliphatic rings. The van der Waals surface area contributed by atoms with E-state index in [4.69, 9.17) is 13.9 Å². The van der Waals surface area contributed by atoms with Gasteiger partial charge in [-0.05, 0) is 61.3 Å². The zero-order valence-electron chi connectivity index (χ0n) is 20.4. The molecule has 8 nitrogen and oxygen atoms in total. The number of fused-ring (bicyclic) bond motifs is 3. The Labute approximate surface area is 208 Å². The van der Waals surface area contributed by atoms with Crippen molar-refractivity contribution in [3.63, 3.8) is 0 Å². The molecule has 8 heteroatoms. The van der Waals surface area contributed by atoms with E-state index in [1.54, 1.807) is 37.3 Å². The Kier molecular flexibility index (Phi) is 5.65. The number of carbonyl (C=O) groups is 4. The van der Waals surface area contributed by atoms with E-state index in [0.717, 1.165) is 5.56 Å². The molecule has 36 heavy (non-hydrogen) atoms. The van der Waals surface area contributed by atoms with Crippen LogP contribution in [0.4, 0.5) is 0 Å². The summed E-state index contributed by atoms with van der Waals surface area (Å²) in [6.07, 6.45) is 4.71. The Hall–Kier alpha value is -3.68. The summed E-state index contributed by atoms with van der Waals surface area (Å²) in [5.41, 5.74) is 0.00862. The zero-order valence-corrected chi connectivity index (χ0v) is 20.4. The number of carbonyl (C=O) groups excluding carboxylic acids is 3. The SMILES string of the molecule is Cc1ccc(C(=O)OC2=CC(C(=O)O)C3(C)CCC4C(=O)OC(c5ccoc5)CC4(C)C3C2=O)cc1. The molecule has 2 fully saturated rings. The van der Waals surface area contributed by atoms with Gasteiger partial charge < -0.3 is 19.0 Å². The molecule has 1 aromatic heterocycles. The minimum Gasteiger partial charge on any atom is -0.481 e. The number of carboxylic acid groups (broad SMARTS) is 1. The van der Waals surface area contributed by atoms with Gasteiger partial charge in [-0.15, -0.1) is 0 Å². The van der Waals surface area contributed by atoms with Crippen molar-refractivity contribution < 1.29 is 38.2 Å². The van der Waals surface area contributed by atoms with Gasteiger partial charge >= 0.3 is 17.9 Å². The average molecular weight is 493 g/mol. The molecule has 1 saturated heterocycles. The van der Waals surface area contributed by atoms with Gasteiger partial charge in [0.25, 0.3) is 0 Å². The molecule has 1 N–H and O–H groups in total. The van der Waals surface area contributed by atoms with E-state index in [0.29, 0.717) is 24.8 Å². The van der Waals surface area contributed by atoms with Crippen molar-refractivity contribution >= 4 is 23.7 Å². The van der Waals surface area contributed by atoms with E-state index in [-0.39, 0.29) is 11.3 Å². The first kappa shape index (κ1) is 24.0. The Morgan fingerprint density at radius 3 is 2.44 bits per heavy atom. The number of furan rings is 1. The van der Waals surface area contributed by atoms with Crippen LogP contribution >= 0.6 is 0 Å². The summed E-state index contributed by atoms with van der Waals surface area (Å²) in [5, 5.41) is 10.2. The second-order valence-corrected chi connectivity index (χ2v) is 10.7. The van der Waals surface area contributed by atoms with Gasteiger partial charge in [0.1, 0.15) is 6.10 Å². The second-order valence-electron chi connectivity index (χ2n) is 10.7. The zero-order chi connectivity index (χ0) is 25.8. The van der Waals surface area contributed by atoms with E-state index in [1.807, 2.05) is 13.8 Å². The first-order valence-electron chi connectivity index (χ1n) is 12.0.